The molecule has 0 aromatic heterocycles. The van der Waals surface area contributed by atoms with Gasteiger partial charge in [-0.3, -0.25) is 9.69 Å². The highest BCUT2D eigenvalue weighted by Gasteiger charge is 2.19. The molecule has 0 spiro atoms. The van der Waals surface area contributed by atoms with Gasteiger partial charge in [0.15, 0.2) is 0 Å². The fraction of sp³-hybridized carbons (Fsp3) is 0.588. The lowest BCUT2D eigenvalue weighted by Gasteiger charge is -2.32. The molecule has 0 atom stereocenters. The first kappa shape index (κ1) is 23.1. The molecule has 1 aliphatic heterocycles. The molecule has 1 aromatic carbocycles. The second kappa shape index (κ2) is 13.4. The largest absolute Gasteiger partial charge is 0.378 e. The highest BCUT2D eigenvalue weighted by molar-refractivity contribution is 5.85. The van der Waals surface area contributed by atoms with Crippen LogP contribution in [0.3, 0.4) is 0 Å². The second-order valence-corrected chi connectivity index (χ2v) is 5.74. The molecule has 2 rings (SSSR count). The van der Waals surface area contributed by atoms with Crippen LogP contribution in [0.4, 0.5) is 0 Å². The number of piperidine rings is 1. The maximum atomic E-state index is 11.0. The Bertz CT molecular complexity index is 441. The fourth-order valence-corrected chi connectivity index (χ4v) is 2.70. The van der Waals surface area contributed by atoms with Crippen LogP contribution in [0, 0.1) is 0 Å². The molecule has 1 aromatic rings. The second-order valence-electron chi connectivity index (χ2n) is 5.74. The van der Waals surface area contributed by atoms with Crippen molar-refractivity contribution >= 4 is 30.7 Å². The van der Waals surface area contributed by atoms with Gasteiger partial charge in [-0.2, -0.15) is 0 Å². The average Bonchev–Trinajstić information content (AvgIpc) is 2.57. The lowest BCUT2D eigenvalue weighted by atomic mass is 10.1. The summed E-state index contributed by atoms with van der Waals surface area (Å²) >= 11 is 0. The molecule has 3 N–H and O–H groups in total. The smallest absolute Gasteiger partial charge is 0.233 e. The van der Waals surface area contributed by atoms with Crippen molar-refractivity contribution in [1.29, 1.82) is 0 Å². The molecule has 0 aliphatic carbocycles. The molecule has 7 heteroatoms. The third kappa shape index (κ3) is 8.85. The zero-order chi connectivity index (χ0) is 15.6. The first-order valence-electron chi connectivity index (χ1n) is 8.12. The van der Waals surface area contributed by atoms with Gasteiger partial charge < -0.3 is 15.8 Å². The van der Waals surface area contributed by atoms with Crippen molar-refractivity contribution in [3.05, 3.63) is 35.9 Å². The number of amides is 1. The number of nitrogens with one attached hydrogen (secondary N) is 1. The molecular weight excluding hydrogens is 349 g/mol. The molecule has 0 unspecified atom stereocenters. The van der Waals surface area contributed by atoms with Crippen molar-refractivity contribution < 1.29 is 9.53 Å². The van der Waals surface area contributed by atoms with Crippen LogP contribution in [-0.2, 0) is 16.1 Å². The Balaban J connectivity index is 0.00000264. The number of hydrogen-bond acceptors (Lipinski definition) is 4. The summed E-state index contributed by atoms with van der Waals surface area (Å²) in [6.07, 6.45) is 3.37. The number of halogens is 2. The molecule has 0 radical (unpaired) electrons. The molecule has 1 fully saturated rings. The maximum Gasteiger partial charge on any atom is 0.233 e. The minimum Gasteiger partial charge on any atom is -0.378 e. The van der Waals surface area contributed by atoms with Crippen LogP contribution in [0.5, 0.6) is 0 Å². The van der Waals surface area contributed by atoms with E-state index in [9.17, 15) is 4.79 Å². The first-order valence-corrected chi connectivity index (χ1v) is 8.12. The van der Waals surface area contributed by atoms with Gasteiger partial charge in [-0.05, 0) is 24.8 Å². The van der Waals surface area contributed by atoms with E-state index in [1.165, 1.54) is 5.56 Å². The summed E-state index contributed by atoms with van der Waals surface area (Å²) in [4.78, 5) is 13.5. The number of likely N-dealkylation sites (tertiary alicyclic amines) is 1. The van der Waals surface area contributed by atoms with Gasteiger partial charge in [0.05, 0.1) is 12.6 Å². The van der Waals surface area contributed by atoms with Crippen LogP contribution < -0.4 is 11.1 Å². The van der Waals surface area contributed by atoms with E-state index in [1.807, 2.05) is 0 Å². The van der Waals surface area contributed by atoms with Gasteiger partial charge in [-0.25, -0.2) is 0 Å². The molecule has 1 saturated heterocycles. The third-order valence-corrected chi connectivity index (χ3v) is 3.97. The maximum absolute atomic E-state index is 11.0. The Hall–Kier alpha value is -0.850. The summed E-state index contributed by atoms with van der Waals surface area (Å²) < 4.78 is 5.89. The van der Waals surface area contributed by atoms with E-state index >= 15 is 0 Å². The Kier molecular flexibility index (Phi) is 13.0. The molecular formula is C17H29Cl2N3O2. The van der Waals surface area contributed by atoms with Gasteiger partial charge in [0, 0.05) is 32.8 Å². The van der Waals surface area contributed by atoms with Crippen LogP contribution >= 0.6 is 24.8 Å². The number of nitrogens with two attached hydrogens (primary N) is 1. The van der Waals surface area contributed by atoms with Gasteiger partial charge in [-0.1, -0.05) is 30.3 Å². The fourth-order valence-electron chi connectivity index (χ4n) is 2.70. The standard InChI is InChI=1S/C17H27N3O2.2ClH/c18-13-17(21)19-9-4-12-22-16-7-10-20(11-8-16)14-15-5-2-1-3-6-15;;/h1-3,5-6,16H,4,7-14,18H2,(H,19,21);2*1H. The van der Waals surface area contributed by atoms with Crippen LogP contribution in [0.1, 0.15) is 24.8 Å². The van der Waals surface area contributed by atoms with E-state index in [2.05, 4.69) is 40.5 Å². The van der Waals surface area contributed by atoms with Crippen molar-refractivity contribution in [2.45, 2.75) is 31.9 Å². The van der Waals surface area contributed by atoms with Gasteiger partial charge in [-0.15, -0.1) is 24.8 Å². The monoisotopic (exact) mass is 377 g/mol. The lowest BCUT2D eigenvalue weighted by Crippen LogP contribution is -2.37. The number of carbonyl (C=O) groups is 1. The van der Waals surface area contributed by atoms with E-state index in [0.29, 0.717) is 19.3 Å². The number of ether oxygens (including phenoxy) is 1. The van der Waals surface area contributed by atoms with Crippen LogP contribution in [0.25, 0.3) is 0 Å². The number of carbonyl (C=O) groups excluding carboxylic acids is 1. The summed E-state index contributed by atoms with van der Waals surface area (Å²) in [6, 6.07) is 10.6. The quantitative estimate of drug-likeness (QED) is 0.679. The molecule has 0 saturated carbocycles. The van der Waals surface area contributed by atoms with Crippen LogP contribution in [0.2, 0.25) is 0 Å². The zero-order valence-electron chi connectivity index (χ0n) is 14.0. The van der Waals surface area contributed by atoms with E-state index < -0.39 is 0 Å². The predicted octanol–water partition coefficient (Wildman–Crippen LogP) is 1.98. The van der Waals surface area contributed by atoms with Gasteiger partial charge in [0.1, 0.15) is 0 Å². The molecule has 138 valence electrons. The molecule has 1 aliphatic rings. The van der Waals surface area contributed by atoms with Crippen LogP contribution in [0.15, 0.2) is 30.3 Å². The Labute approximate surface area is 157 Å². The third-order valence-electron chi connectivity index (χ3n) is 3.97. The van der Waals surface area contributed by atoms with Gasteiger partial charge in [0.25, 0.3) is 0 Å². The van der Waals surface area contributed by atoms with E-state index in [4.69, 9.17) is 10.5 Å². The van der Waals surface area contributed by atoms with Crippen molar-refractivity contribution in [2.24, 2.45) is 5.73 Å². The topological polar surface area (TPSA) is 67.6 Å². The summed E-state index contributed by atoms with van der Waals surface area (Å²) in [7, 11) is 0. The van der Waals surface area contributed by atoms with Gasteiger partial charge >= 0.3 is 0 Å². The molecule has 1 heterocycles. The Morgan fingerprint density at radius 3 is 2.50 bits per heavy atom. The van der Waals surface area contributed by atoms with Crippen molar-refractivity contribution in [1.82, 2.24) is 10.2 Å². The number of hydrogen-bond donors (Lipinski definition) is 2. The average molecular weight is 378 g/mol. The number of rotatable bonds is 8. The Morgan fingerprint density at radius 1 is 1.21 bits per heavy atom. The minimum absolute atomic E-state index is 0. The normalized spacial score (nSPS) is 15.2. The number of nitrogens with zero attached hydrogens (tertiary/aromatic N) is 1. The van der Waals surface area contributed by atoms with E-state index in [0.717, 1.165) is 38.9 Å². The summed E-state index contributed by atoms with van der Waals surface area (Å²) in [5, 5.41) is 2.75. The summed E-state index contributed by atoms with van der Waals surface area (Å²) in [6.45, 7) is 4.60. The van der Waals surface area contributed by atoms with Crippen LogP contribution in [-0.4, -0.2) is 49.7 Å². The summed E-state index contributed by atoms with van der Waals surface area (Å²) in [5.74, 6) is -0.103. The molecule has 0 bridgehead atoms. The van der Waals surface area contributed by atoms with Gasteiger partial charge in [0.2, 0.25) is 5.91 Å². The van der Waals surface area contributed by atoms with Crippen molar-refractivity contribution in [3.63, 3.8) is 0 Å². The predicted molar refractivity (Wildman–Crippen MR) is 102 cm³/mol. The highest BCUT2D eigenvalue weighted by Crippen LogP contribution is 2.16. The SMILES string of the molecule is Cl.Cl.NCC(=O)NCCCOC1CCN(Cc2ccccc2)CC1. The van der Waals surface area contributed by atoms with Crippen molar-refractivity contribution in [2.75, 3.05) is 32.8 Å². The number of benzene rings is 1. The van der Waals surface area contributed by atoms with E-state index in [-0.39, 0.29) is 37.3 Å². The minimum atomic E-state index is -0.103. The summed E-state index contributed by atoms with van der Waals surface area (Å²) in [5.41, 5.74) is 6.60. The molecule has 5 nitrogen and oxygen atoms in total. The lowest BCUT2D eigenvalue weighted by molar-refractivity contribution is -0.119. The van der Waals surface area contributed by atoms with Crippen molar-refractivity contribution in [3.8, 4) is 0 Å². The zero-order valence-corrected chi connectivity index (χ0v) is 15.6. The van der Waals surface area contributed by atoms with E-state index in [1.54, 1.807) is 0 Å². The molecule has 1 amide bonds. The Morgan fingerprint density at radius 2 is 1.88 bits per heavy atom. The first-order chi connectivity index (χ1) is 10.8. The highest BCUT2D eigenvalue weighted by atomic mass is 35.5. The molecule has 24 heavy (non-hydrogen) atoms.